The normalized spacial score (nSPS) is 18.1. The summed E-state index contributed by atoms with van der Waals surface area (Å²) in [5.74, 6) is -0.747. The van der Waals surface area contributed by atoms with Crippen molar-refractivity contribution < 1.29 is 13.9 Å². The Morgan fingerprint density at radius 3 is 2.84 bits per heavy atom. The topological polar surface area (TPSA) is 64.4 Å². The average molecular weight is 331 g/mol. The molecule has 1 atom stereocenters. The number of nitrogens with one attached hydrogen (secondary N) is 1. The SMILES string of the molecule is NC(C(=O)Nc1cc(Br)ccc1F)C1CCOCC1. The van der Waals surface area contributed by atoms with Crippen molar-refractivity contribution in [1.29, 1.82) is 0 Å². The highest BCUT2D eigenvalue weighted by Gasteiger charge is 2.27. The van der Waals surface area contributed by atoms with Crippen molar-refractivity contribution in [2.45, 2.75) is 18.9 Å². The van der Waals surface area contributed by atoms with Gasteiger partial charge >= 0.3 is 0 Å². The van der Waals surface area contributed by atoms with E-state index in [-0.39, 0.29) is 17.5 Å². The van der Waals surface area contributed by atoms with Gasteiger partial charge in [0, 0.05) is 17.7 Å². The molecule has 1 aliphatic rings. The molecule has 19 heavy (non-hydrogen) atoms. The number of hydrogen-bond acceptors (Lipinski definition) is 3. The predicted octanol–water partition coefficient (Wildman–Crippen LogP) is 2.28. The van der Waals surface area contributed by atoms with Gasteiger partial charge in [0.15, 0.2) is 0 Å². The van der Waals surface area contributed by atoms with E-state index in [1.54, 1.807) is 6.07 Å². The summed E-state index contributed by atoms with van der Waals surface area (Å²) in [5.41, 5.74) is 6.07. The molecule has 1 unspecified atom stereocenters. The summed E-state index contributed by atoms with van der Waals surface area (Å²) >= 11 is 3.23. The van der Waals surface area contributed by atoms with Crippen molar-refractivity contribution in [2.75, 3.05) is 18.5 Å². The fourth-order valence-electron chi connectivity index (χ4n) is 2.10. The van der Waals surface area contributed by atoms with Gasteiger partial charge in [-0.25, -0.2) is 4.39 Å². The Bertz CT molecular complexity index is 464. The number of halogens is 2. The van der Waals surface area contributed by atoms with Gasteiger partial charge in [-0.05, 0) is 37.0 Å². The van der Waals surface area contributed by atoms with Crippen LogP contribution in [0.3, 0.4) is 0 Å². The summed E-state index contributed by atoms with van der Waals surface area (Å²) in [4.78, 5) is 12.0. The predicted molar refractivity (Wildman–Crippen MR) is 74.2 cm³/mol. The molecule has 1 aliphatic heterocycles. The van der Waals surface area contributed by atoms with E-state index in [1.807, 2.05) is 0 Å². The Balaban J connectivity index is 2.01. The quantitative estimate of drug-likeness (QED) is 0.893. The van der Waals surface area contributed by atoms with Crippen LogP contribution in [0.2, 0.25) is 0 Å². The molecule has 1 saturated heterocycles. The second-order valence-corrected chi connectivity index (χ2v) is 5.50. The number of carbonyl (C=O) groups excluding carboxylic acids is 1. The largest absolute Gasteiger partial charge is 0.381 e. The molecule has 2 rings (SSSR count). The smallest absolute Gasteiger partial charge is 0.241 e. The van der Waals surface area contributed by atoms with Crippen LogP contribution in [0.5, 0.6) is 0 Å². The lowest BCUT2D eigenvalue weighted by Gasteiger charge is -2.26. The van der Waals surface area contributed by atoms with Gasteiger partial charge in [0.05, 0.1) is 11.7 Å². The number of benzene rings is 1. The third-order valence-corrected chi connectivity index (χ3v) is 3.76. The number of rotatable bonds is 3. The lowest BCUT2D eigenvalue weighted by atomic mass is 9.92. The number of amides is 1. The lowest BCUT2D eigenvalue weighted by Crippen LogP contribution is -2.44. The minimum Gasteiger partial charge on any atom is -0.381 e. The molecule has 0 spiro atoms. The van der Waals surface area contributed by atoms with Crippen LogP contribution in [0.25, 0.3) is 0 Å². The van der Waals surface area contributed by atoms with Crippen molar-refractivity contribution in [2.24, 2.45) is 11.7 Å². The molecule has 1 aromatic rings. The zero-order valence-corrected chi connectivity index (χ0v) is 12.0. The molecule has 0 bridgehead atoms. The summed E-state index contributed by atoms with van der Waals surface area (Å²) in [7, 11) is 0. The van der Waals surface area contributed by atoms with Crippen LogP contribution in [0, 0.1) is 11.7 Å². The molecule has 0 radical (unpaired) electrons. The van der Waals surface area contributed by atoms with E-state index in [1.165, 1.54) is 12.1 Å². The Morgan fingerprint density at radius 2 is 2.16 bits per heavy atom. The maximum atomic E-state index is 13.5. The van der Waals surface area contributed by atoms with Crippen molar-refractivity contribution in [3.8, 4) is 0 Å². The van der Waals surface area contributed by atoms with E-state index in [0.717, 1.165) is 12.8 Å². The second kappa shape index (κ2) is 6.45. The molecule has 0 saturated carbocycles. The molecule has 0 aromatic heterocycles. The first kappa shape index (κ1) is 14.4. The number of anilines is 1. The number of nitrogens with two attached hydrogens (primary N) is 1. The highest BCUT2D eigenvalue weighted by atomic mass is 79.9. The molecule has 104 valence electrons. The van der Waals surface area contributed by atoms with Crippen LogP contribution in [-0.2, 0) is 9.53 Å². The fourth-order valence-corrected chi connectivity index (χ4v) is 2.46. The minimum absolute atomic E-state index is 0.0870. The zero-order valence-electron chi connectivity index (χ0n) is 10.4. The van der Waals surface area contributed by atoms with Crippen molar-refractivity contribution in [3.63, 3.8) is 0 Å². The van der Waals surface area contributed by atoms with E-state index in [2.05, 4.69) is 21.2 Å². The minimum atomic E-state index is -0.637. The van der Waals surface area contributed by atoms with Crippen molar-refractivity contribution in [3.05, 3.63) is 28.5 Å². The van der Waals surface area contributed by atoms with E-state index < -0.39 is 11.9 Å². The highest BCUT2D eigenvalue weighted by molar-refractivity contribution is 9.10. The van der Waals surface area contributed by atoms with Gasteiger partial charge in [0.1, 0.15) is 5.82 Å². The van der Waals surface area contributed by atoms with E-state index in [0.29, 0.717) is 17.7 Å². The van der Waals surface area contributed by atoms with Crippen LogP contribution in [0.4, 0.5) is 10.1 Å². The first-order chi connectivity index (χ1) is 9.08. The fraction of sp³-hybridized carbons (Fsp3) is 0.462. The van der Waals surface area contributed by atoms with E-state index >= 15 is 0 Å². The molecule has 1 aromatic carbocycles. The molecule has 4 nitrogen and oxygen atoms in total. The van der Waals surface area contributed by atoms with Gasteiger partial charge in [0.2, 0.25) is 5.91 Å². The van der Waals surface area contributed by atoms with Gasteiger partial charge in [-0.2, -0.15) is 0 Å². The average Bonchev–Trinajstić information content (AvgIpc) is 2.43. The van der Waals surface area contributed by atoms with Crippen molar-refractivity contribution >= 4 is 27.5 Å². The maximum Gasteiger partial charge on any atom is 0.241 e. The van der Waals surface area contributed by atoms with Crippen LogP contribution in [0.1, 0.15) is 12.8 Å². The van der Waals surface area contributed by atoms with Crippen LogP contribution >= 0.6 is 15.9 Å². The third-order valence-electron chi connectivity index (χ3n) is 3.26. The first-order valence-electron chi connectivity index (χ1n) is 6.17. The second-order valence-electron chi connectivity index (χ2n) is 4.59. The molecular formula is C13H16BrFN2O2. The summed E-state index contributed by atoms with van der Waals surface area (Å²) in [6, 6.07) is 3.75. The van der Waals surface area contributed by atoms with Gasteiger partial charge in [-0.1, -0.05) is 15.9 Å². The Hall–Kier alpha value is -0.980. The molecule has 1 amide bonds. The number of ether oxygens (including phenoxy) is 1. The molecular weight excluding hydrogens is 315 g/mol. The Labute approximate surface area is 119 Å². The standard InChI is InChI=1S/C13H16BrFN2O2/c14-9-1-2-10(15)11(7-9)17-13(18)12(16)8-3-5-19-6-4-8/h1-2,7-8,12H,3-6,16H2,(H,17,18). The molecule has 6 heteroatoms. The summed E-state index contributed by atoms with van der Waals surface area (Å²) in [5, 5.41) is 2.54. The van der Waals surface area contributed by atoms with Gasteiger partial charge in [0.25, 0.3) is 0 Å². The summed E-state index contributed by atoms with van der Waals surface area (Å²) < 4.78 is 19.5. The summed E-state index contributed by atoms with van der Waals surface area (Å²) in [6.07, 6.45) is 1.52. The van der Waals surface area contributed by atoms with Crippen molar-refractivity contribution in [1.82, 2.24) is 0 Å². The Kier molecular flexibility index (Phi) is 4.90. The van der Waals surface area contributed by atoms with Crippen LogP contribution in [0.15, 0.2) is 22.7 Å². The molecule has 0 aliphatic carbocycles. The zero-order chi connectivity index (χ0) is 13.8. The highest BCUT2D eigenvalue weighted by Crippen LogP contribution is 2.22. The first-order valence-corrected chi connectivity index (χ1v) is 6.96. The summed E-state index contributed by atoms with van der Waals surface area (Å²) in [6.45, 7) is 1.24. The van der Waals surface area contributed by atoms with Gasteiger partial charge < -0.3 is 15.8 Å². The lowest BCUT2D eigenvalue weighted by molar-refractivity contribution is -0.119. The molecule has 1 heterocycles. The third kappa shape index (κ3) is 3.75. The maximum absolute atomic E-state index is 13.5. The Morgan fingerprint density at radius 1 is 1.47 bits per heavy atom. The number of hydrogen-bond donors (Lipinski definition) is 2. The van der Waals surface area contributed by atoms with Gasteiger partial charge in [-0.3, -0.25) is 4.79 Å². The van der Waals surface area contributed by atoms with Crippen LogP contribution < -0.4 is 11.1 Å². The van der Waals surface area contributed by atoms with E-state index in [9.17, 15) is 9.18 Å². The van der Waals surface area contributed by atoms with Crippen LogP contribution in [-0.4, -0.2) is 25.2 Å². The molecule has 3 N–H and O–H groups in total. The monoisotopic (exact) mass is 330 g/mol. The van der Waals surface area contributed by atoms with E-state index in [4.69, 9.17) is 10.5 Å². The van der Waals surface area contributed by atoms with Gasteiger partial charge in [-0.15, -0.1) is 0 Å². The number of carbonyl (C=O) groups is 1. The molecule has 1 fully saturated rings.